The van der Waals surface area contributed by atoms with Gasteiger partial charge in [0.1, 0.15) is 0 Å². The first-order valence-corrected chi connectivity index (χ1v) is 8.17. The first-order chi connectivity index (χ1) is 12.7. The maximum Gasteiger partial charge on any atom is 0.182 e. The van der Waals surface area contributed by atoms with Crippen LogP contribution in [0.25, 0.3) is 11.4 Å². The van der Waals surface area contributed by atoms with E-state index in [0.29, 0.717) is 23.9 Å². The average Bonchev–Trinajstić information content (AvgIpc) is 3.14. The number of ether oxygens (including phenoxy) is 2. The predicted molar refractivity (Wildman–Crippen MR) is 97.3 cm³/mol. The molecule has 26 heavy (non-hydrogen) atoms. The number of benzene rings is 2. The highest BCUT2D eigenvalue weighted by Gasteiger charge is 2.13. The summed E-state index contributed by atoms with van der Waals surface area (Å²) in [4.78, 5) is 0. The van der Waals surface area contributed by atoms with Crippen molar-refractivity contribution >= 4 is 5.69 Å². The fourth-order valence-electron chi connectivity index (χ4n) is 2.57. The van der Waals surface area contributed by atoms with Crippen molar-refractivity contribution in [2.45, 2.75) is 12.6 Å². The van der Waals surface area contributed by atoms with Gasteiger partial charge in [-0.15, -0.1) is 5.10 Å². The summed E-state index contributed by atoms with van der Waals surface area (Å²) in [6, 6.07) is 15.1. The molecule has 1 heterocycles. The highest BCUT2D eigenvalue weighted by Crippen LogP contribution is 2.29. The molecule has 2 aromatic carbocycles. The zero-order chi connectivity index (χ0) is 18.4. The standard InChI is InChI=1S/C18H21N5O3/c1-25-16-9-8-14(10-17(16)26-2)19-11-15(24)12-23-18(20-21-22-23)13-6-4-3-5-7-13/h3-10,15,19,24H,11-12H2,1-2H3. The van der Waals surface area contributed by atoms with Crippen molar-refractivity contribution in [3.8, 4) is 22.9 Å². The molecule has 1 atom stereocenters. The van der Waals surface area contributed by atoms with Crippen LogP contribution in [0, 0.1) is 0 Å². The van der Waals surface area contributed by atoms with Crippen LogP contribution in [-0.4, -0.2) is 52.2 Å². The van der Waals surface area contributed by atoms with Crippen LogP contribution in [0.2, 0.25) is 0 Å². The molecule has 3 aromatic rings. The van der Waals surface area contributed by atoms with Crippen molar-refractivity contribution in [2.75, 3.05) is 26.1 Å². The Morgan fingerprint density at radius 3 is 2.58 bits per heavy atom. The second-order valence-electron chi connectivity index (χ2n) is 5.66. The largest absolute Gasteiger partial charge is 0.493 e. The molecule has 0 aliphatic rings. The van der Waals surface area contributed by atoms with Crippen LogP contribution < -0.4 is 14.8 Å². The number of hydrogen-bond acceptors (Lipinski definition) is 7. The quantitative estimate of drug-likeness (QED) is 0.636. The number of aliphatic hydroxyl groups excluding tert-OH is 1. The van der Waals surface area contributed by atoms with E-state index in [9.17, 15) is 5.11 Å². The number of hydrogen-bond donors (Lipinski definition) is 2. The monoisotopic (exact) mass is 355 g/mol. The maximum absolute atomic E-state index is 10.3. The van der Waals surface area contributed by atoms with Gasteiger partial charge in [0.05, 0.1) is 26.9 Å². The second-order valence-corrected chi connectivity index (χ2v) is 5.66. The molecular weight excluding hydrogens is 334 g/mol. The third-order valence-electron chi connectivity index (χ3n) is 3.87. The van der Waals surface area contributed by atoms with E-state index in [1.165, 1.54) is 0 Å². The van der Waals surface area contributed by atoms with E-state index in [-0.39, 0.29) is 6.54 Å². The number of nitrogens with zero attached hydrogens (tertiary/aromatic N) is 4. The van der Waals surface area contributed by atoms with Crippen molar-refractivity contribution in [3.63, 3.8) is 0 Å². The number of aromatic nitrogens is 4. The Balaban J connectivity index is 1.62. The first kappa shape index (κ1) is 17.7. The minimum atomic E-state index is -0.672. The summed E-state index contributed by atoms with van der Waals surface area (Å²) in [5.41, 5.74) is 1.72. The van der Waals surface area contributed by atoms with Crippen molar-refractivity contribution in [1.82, 2.24) is 20.2 Å². The van der Waals surface area contributed by atoms with E-state index in [1.807, 2.05) is 48.5 Å². The molecule has 0 aliphatic heterocycles. The summed E-state index contributed by atoms with van der Waals surface area (Å²) in [7, 11) is 3.17. The van der Waals surface area contributed by atoms with Gasteiger partial charge >= 0.3 is 0 Å². The summed E-state index contributed by atoms with van der Waals surface area (Å²) in [6.07, 6.45) is -0.672. The third kappa shape index (κ3) is 4.09. The molecule has 1 unspecified atom stereocenters. The lowest BCUT2D eigenvalue weighted by atomic mass is 10.2. The highest BCUT2D eigenvalue weighted by molar-refractivity contribution is 5.55. The van der Waals surface area contributed by atoms with Crippen molar-refractivity contribution in [1.29, 1.82) is 0 Å². The Bertz CT molecular complexity index is 838. The zero-order valence-corrected chi connectivity index (χ0v) is 14.7. The Kier molecular flexibility index (Phi) is 5.65. The molecule has 8 nitrogen and oxygen atoms in total. The van der Waals surface area contributed by atoms with E-state index in [1.54, 1.807) is 18.9 Å². The van der Waals surface area contributed by atoms with Crippen LogP contribution in [0.3, 0.4) is 0 Å². The average molecular weight is 355 g/mol. The highest BCUT2D eigenvalue weighted by atomic mass is 16.5. The van der Waals surface area contributed by atoms with Crippen LogP contribution in [-0.2, 0) is 6.54 Å². The molecule has 0 fully saturated rings. The van der Waals surface area contributed by atoms with Gasteiger partial charge < -0.3 is 19.9 Å². The molecule has 0 amide bonds. The molecule has 2 N–H and O–H groups in total. The molecule has 0 saturated heterocycles. The van der Waals surface area contributed by atoms with Crippen molar-refractivity contribution in [2.24, 2.45) is 0 Å². The fraction of sp³-hybridized carbons (Fsp3) is 0.278. The SMILES string of the molecule is COc1ccc(NCC(O)Cn2nnnc2-c2ccccc2)cc1OC. The lowest BCUT2D eigenvalue weighted by molar-refractivity contribution is 0.161. The Morgan fingerprint density at radius 2 is 1.85 bits per heavy atom. The van der Waals surface area contributed by atoms with E-state index >= 15 is 0 Å². The van der Waals surface area contributed by atoms with Gasteiger partial charge in [-0.1, -0.05) is 30.3 Å². The minimum Gasteiger partial charge on any atom is -0.493 e. The summed E-state index contributed by atoms with van der Waals surface area (Å²) >= 11 is 0. The van der Waals surface area contributed by atoms with E-state index in [0.717, 1.165) is 11.3 Å². The lowest BCUT2D eigenvalue weighted by Crippen LogP contribution is -2.26. The summed E-state index contributed by atoms with van der Waals surface area (Å²) in [5.74, 6) is 1.90. The van der Waals surface area contributed by atoms with Crippen LogP contribution in [0.5, 0.6) is 11.5 Å². The Hall–Kier alpha value is -3.13. The molecule has 0 radical (unpaired) electrons. The van der Waals surface area contributed by atoms with E-state index in [4.69, 9.17) is 9.47 Å². The van der Waals surface area contributed by atoms with Crippen molar-refractivity contribution < 1.29 is 14.6 Å². The van der Waals surface area contributed by atoms with Gasteiger partial charge in [0.25, 0.3) is 0 Å². The summed E-state index contributed by atoms with van der Waals surface area (Å²) in [5, 5.41) is 25.2. The molecule has 8 heteroatoms. The van der Waals surface area contributed by atoms with Crippen molar-refractivity contribution in [3.05, 3.63) is 48.5 Å². The fourth-order valence-corrected chi connectivity index (χ4v) is 2.57. The Labute approximate surface area is 151 Å². The number of tetrazole rings is 1. The Morgan fingerprint density at radius 1 is 1.08 bits per heavy atom. The number of methoxy groups -OCH3 is 2. The normalized spacial score (nSPS) is 11.8. The van der Waals surface area contributed by atoms with E-state index in [2.05, 4.69) is 20.8 Å². The van der Waals surface area contributed by atoms with Gasteiger partial charge in [0.2, 0.25) is 0 Å². The number of nitrogens with one attached hydrogen (secondary N) is 1. The number of anilines is 1. The minimum absolute atomic E-state index is 0.275. The topological polar surface area (TPSA) is 94.3 Å². The first-order valence-electron chi connectivity index (χ1n) is 8.17. The number of aliphatic hydroxyl groups is 1. The molecule has 0 saturated carbocycles. The maximum atomic E-state index is 10.3. The zero-order valence-electron chi connectivity index (χ0n) is 14.7. The van der Waals surface area contributed by atoms with Crippen LogP contribution in [0.15, 0.2) is 48.5 Å². The molecule has 0 bridgehead atoms. The molecule has 3 rings (SSSR count). The summed E-state index contributed by atoms with van der Waals surface area (Å²) in [6.45, 7) is 0.612. The van der Waals surface area contributed by atoms with E-state index < -0.39 is 6.10 Å². The smallest absolute Gasteiger partial charge is 0.182 e. The van der Waals surface area contributed by atoms with Gasteiger partial charge in [-0.25, -0.2) is 4.68 Å². The molecule has 1 aromatic heterocycles. The molecule has 0 aliphatic carbocycles. The predicted octanol–water partition coefficient (Wildman–Crippen LogP) is 1.83. The van der Waals surface area contributed by atoms with Crippen LogP contribution >= 0.6 is 0 Å². The van der Waals surface area contributed by atoms with Gasteiger partial charge in [0, 0.05) is 23.9 Å². The van der Waals surface area contributed by atoms with Crippen LogP contribution in [0.1, 0.15) is 0 Å². The summed E-state index contributed by atoms with van der Waals surface area (Å²) < 4.78 is 12.1. The van der Waals surface area contributed by atoms with Gasteiger partial charge in [-0.3, -0.25) is 0 Å². The second kappa shape index (κ2) is 8.30. The van der Waals surface area contributed by atoms with Gasteiger partial charge in [-0.2, -0.15) is 0 Å². The number of rotatable bonds is 8. The third-order valence-corrected chi connectivity index (χ3v) is 3.87. The van der Waals surface area contributed by atoms with Gasteiger partial charge in [0.15, 0.2) is 17.3 Å². The van der Waals surface area contributed by atoms with Crippen LogP contribution in [0.4, 0.5) is 5.69 Å². The van der Waals surface area contributed by atoms with Gasteiger partial charge in [-0.05, 0) is 22.6 Å². The molecule has 0 spiro atoms. The molecule has 136 valence electrons. The molecular formula is C18H21N5O3. The lowest BCUT2D eigenvalue weighted by Gasteiger charge is -2.15.